The lowest BCUT2D eigenvalue weighted by atomic mass is 10.1. The van der Waals surface area contributed by atoms with Gasteiger partial charge in [-0.3, -0.25) is 9.59 Å². The van der Waals surface area contributed by atoms with Gasteiger partial charge in [-0.2, -0.15) is 0 Å². The largest absolute Gasteiger partial charge is 0.466 e. The Kier molecular flexibility index (Phi) is 47.7. The van der Waals surface area contributed by atoms with E-state index in [4.69, 9.17) is 4.74 Å². The van der Waals surface area contributed by atoms with Crippen LogP contribution in [0.3, 0.4) is 0 Å². The Labute approximate surface area is 372 Å². The van der Waals surface area contributed by atoms with Crippen molar-refractivity contribution in [3.05, 3.63) is 48.6 Å². The first kappa shape index (κ1) is 57.8. The number of nitrogens with one attached hydrogen (secondary N) is 1. The first-order valence-corrected chi connectivity index (χ1v) is 25.9. The molecular weight excluding hydrogens is 743 g/mol. The van der Waals surface area contributed by atoms with Gasteiger partial charge in [0.2, 0.25) is 5.91 Å². The number of carbonyl (C=O) groups excluding carboxylic acids is 2. The molecule has 2 atom stereocenters. The molecule has 0 aliphatic carbocycles. The molecule has 0 heterocycles. The second kappa shape index (κ2) is 49.5. The summed E-state index contributed by atoms with van der Waals surface area (Å²) in [5.41, 5.74) is 0. The quantitative estimate of drug-likeness (QED) is 0.0322. The maximum atomic E-state index is 12.4. The number of allylic oxidation sites excluding steroid dienone is 7. The number of ether oxygens (including phenoxy) is 1. The van der Waals surface area contributed by atoms with Gasteiger partial charge in [0.05, 0.1) is 25.4 Å². The summed E-state index contributed by atoms with van der Waals surface area (Å²) < 4.78 is 5.46. The van der Waals surface area contributed by atoms with Crippen molar-refractivity contribution >= 4 is 11.9 Å². The van der Waals surface area contributed by atoms with E-state index in [0.717, 1.165) is 64.2 Å². The van der Waals surface area contributed by atoms with E-state index in [0.29, 0.717) is 19.4 Å². The monoisotopic (exact) mass is 842 g/mol. The normalized spacial score (nSPS) is 13.1. The van der Waals surface area contributed by atoms with Crippen LogP contribution in [0.25, 0.3) is 0 Å². The average molecular weight is 842 g/mol. The van der Waals surface area contributed by atoms with Gasteiger partial charge in [-0.25, -0.2) is 0 Å². The van der Waals surface area contributed by atoms with Crippen molar-refractivity contribution < 1.29 is 24.5 Å². The molecule has 0 saturated heterocycles. The second-order valence-electron chi connectivity index (χ2n) is 17.5. The van der Waals surface area contributed by atoms with Gasteiger partial charge in [-0.1, -0.05) is 204 Å². The van der Waals surface area contributed by atoms with Gasteiger partial charge in [0.25, 0.3) is 0 Å². The predicted molar refractivity (Wildman–Crippen MR) is 259 cm³/mol. The van der Waals surface area contributed by atoms with Crippen molar-refractivity contribution in [2.45, 2.75) is 270 Å². The maximum absolute atomic E-state index is 12.4. The van der Waals surface area contributed by atoms with Gasteiger partial charge in [-0.15, -0.1) is 0 Å². The average Bonchev–Trinajstić information content (AvgIpc) is 3.25. The highest BCUT2D eigenvalue weighted by Gasteiger charge is 2.18. The minimum Gasteiger partial charge on any atom is -0.466 e. The minimum absolute atomic E-state index is 0.0117. The van der Waals surface area contributed by atoms with Gasteiger partial charge >= 0.3 is 5.97 Å². The van der Waals surface area contributed by atoms with Crippen LogP contribution in [0.5, 0.6) is 0 Å². The molecule has 0 rings (SSSR count). The highest BCUT2D eigenvalue weighted by atomic mass is 16.5. The van der Waals surface area contributed by atoms with E-state index in [1.165, 1.54) is 167 Å². The van der Waals surface area contributed by atoms with Crippen molar-refractivity contribution in [1.82, 2.24) is 5.32 Å². The molecule has 0 radical (unpaired) electrons. The van der Waals surface area contributed by atoms with Gasteiger partial charge in [0, 0.05) is 12.8 Å². The highest BCUT2D eigenvalue weighted by Crippen LogP contribution is 2.14. The molecule has 60 heavy (non-hydrogen) atoms. The van der Waals surface area contributed by atoms with Gasteiger partial charge in [0.15, 0.2) is 0 Å². The van der Waals surface area contributed by atoms with Gasteiger partial charge in [-0.05, 0) is 89.9 Å². The van der Waals surface area contributed by atoms with Gasteiger partial charge in [0.1, 0.15) is 0 Å². The van der Waals surface area contributed by atoms with Crippen molar-refractivity contribution in [2.24, 2.45) is 0 Å². The van der Waals surface area contributed by atoms with Crippen molar-refractivity contribution in [1.29, 1.82) is 0 Å². The first-order chi connectivity index (χ1) is 29.5. The number of aliphatic hydroxyl groups is 2. The molecule has 0 aliphatic heterocycles. The molecule has 0 saturated carbocycles. The van der Waals surface area contributed by atoms with E-state index in [2.05, 4.69) is 55.6 Å². The molecule has 6 heteroatoms. The van der Waals surface area contributed by atoms with Crippen LogP contribution in [0, 0.1) is 0 Å². The number of amides is 1. The second-order valence-corrected chi connectivity index (χ2v) is 17.5. The standard InChI is InChI=1S/C54H99NO5/c1-3-5-7-9-11-13-14-15-16-18-22-25-28-32-36-40-44-48-54(59)60-49-45-41-37-33-29-26-23-20-17-19-21-24-27-31-35-39-43-47-53(58)55-51(50-56)52(57)46-42-38-34-30-12-10-8-6-4-2/h11,13,15-17,20,42,46,51-52,56-57H,3-10,12,14,18-19,21-41,43-45,47-50H2,1-2H3,(H,55,58)/b13-11-,16-15-,20-17-,46-42+. The summed E-state index contributed by atoms with van der Waals surface area (Å²) in [7, 11) is 0. The summed E-state index contributed by atoms with van der Waals surface area (Å²) in [5, 5.41) is 22.9. The number of aliphatic hydroxyl groups excluding tert-OH is 2. The fourth-order valence-electron chi connectivity index (χ4n) is 7.54. The van der Waals surface area contributed by atoms with Crippen LogP contribution < -0.4 is 5.32 Å². The zero-order valence-electron chi connectivity index (χ0n) is 39.7. The topological polar surface area (TPSA) is 95.9 Å². The number of hydrogen-bond donors (Lipinski definition) is 3. The zero-order chi connectivity index (χ0) is 43.7. The summed E-state index contributed by atoms with van der Waals surface area (Å²) >= 11 is 0. The fourth-order valence-corrected chi connectivity index (χ4v) is 7.54. The molecule has 0 fully saturated rings. The Morgan fingerprint density at radius 1 is 0.467 bits per heavy atom. The third kappa shape index (κ3) is 45.3. The molecular formula is C54H99NO5. The molecule has 0 aromatic carbocycles. The Bertz CT molecular complexity index is 1020. The SMILES string of the molecule is CCCCC/C=C\C/C=C\CCCCCCCCCC(=O)OCCCCCCCC/C=C\CCCCCCCCCC(=O)NC(CO)C(O)/C=C/CCCCCCCCC. The molecule has 0 spiro atoms. The lowest BCUT2D eigenvalue weighted by molar-refractivity contribution is -0.143. The fraction of sp³-hybridized carbons (Fsp3) is 0.815. The number of hydrogen-bond acceptors (Lipinski definition) is 5. The summed E-state index contributed by atoms with van der Waals surface area (Å²) in [6.07, 6.45) is 61.2. The number of unbranched alkanes of at least 4 members (excludes halogenated alkanes) is 30. The molecule has 0 aliphatic rings. The van der Waals surface area contributed by atoms with Crippen LogP contribution >= 0.6 is 0 Å². The van der Waals surface area contributed by atoms with E-state index >= 15 is 0 Å². The smallest absolute Gasteiger partial charge is 0.305 e. The molecule has 0 aromatic rings. The Balaban J connectivity index is 3.46. The van der Waals surface area contributed by atoms with Crippen LogP contribution in [0.1, 0.15) is 258 Å². The summed E-state index contributed by atoms with van der Waals surface area (Å²) in [5.74, 6) is -0.0962. The number of rotatable bonds is 47. The van der Waals surface area contributed by atoms with E-state index in [9.17, 15) is 19.8 Å². The van der Waals surface area contributed by atoms with E-state index in [-0.39, 0.29) is 18.5 Å². The van der Waals surface area contributed by atoms with E-state index in [1.54, 1.807) is 6.08 Å². The lowest BCUT2D eigenvalue weighted by Gasteiger charge is -2.20. The van der Waals surface area contributed by atoms with Crippen molar-refractivity contribution in [2.75, 3.05) is 13.2 Å². The molecule has 3 N–H and O–H groups in total. The summed E-state index contributed by atoms with van der Waals surface area (Å²) in [6, 6.07) is -0.635. The van der Waals surface area contributed by atoms with Crippen molar-refractivity contribution in [3.63, 3.8) is 0 Å². The first-order valence-electron chi connectivity index (χ1n) is 25.9. The molecule has 0 bridgehead atoms. The zero-order valence-corrected chi connectivity index (χ0v) is 39.7. The van der Waals surface area contributed by atoms with Crippen LogP contribution in [0.2, 0.25) is 0 Å². The van der Waals surface area contributed by atoms with Crippen LogP contribution in [0.15, 0.2) is 48.6 Å². The van der Waals surface area contributed by atoms with E-state index < -0.39 is 12.1 Å². The predicted octanol–water partition coefficient (Wildman–Crippen LogP) is 15.5. The van der Waals surface area contributed by atoms with Crippen LogP contribution in [-0.2, 0) is 14.3 Å². The van der Waals surface area contributed by atoms with Crippen molar-refractivity contribution in [3.8, 4) is 0 Å². The summed E-state index contributed by atoms with van der Waals surface area (Å²) in [6.45, 7) is 4.81. The Morgan fingerprint density at radius 2 is 0.833 bits per heavy atom. The molecule has 6 nitrogen and oxygen atoms in total. The van der Waals surface area contributed by atoms with Crippen LogP contribution in [0.4, 0.5) is 0 Å². The number of esters is 1. The molecule has 2 unspecified atom stereocenters. The molecule has 350 valence electrons. The summed E-state index contributed by atoms with van der Waals surface area (Å²) in [4.78, 5) is 24.4. The molecule has 1 amide bonds. The third-order valence-corrected chi connectivity index (χ3v) is 11.6. The Morgan fingerprint density at radius 3 is 1.32 bits per heavy atom. The highest BCUT2D eigenvalue weighted by molar-refractivity contribution is 5.76. The molecule has 0 aromatic heterocycles. The minimum atomic E-state index is -0.851. The van der Waals surface area contributed by atoms with Gasteiger partial charge < -0.3 is 20.3 Å². The van der Waals surface area contributed by atoms with E-state index in [1.807, 2.05) is 6.08 Å². The van der Waals surface area contributed by atoms with Crippen LogP contribution in [-0.4, -0.2) is 47.4 Å². The maximum Gasteiger partial charge on any atom is 0.305 e. The Hall–Kier alpha value is -2.18. The lowest BCUT2D eigenvalue weighted by Crippen LogP contribution is -2.45. The third-order valence-electron chi connectivity index (χ3n) is 11.6. The number of carbonyl (C=O) groups is 2.